The summed E-state index contributed by atoms with van der Waals surface area (Å²) in [6, 6.07) is 7.67. The molecular formula is C23H24ClNO3S2. The molecule has 7 heteroatoms. The maximum Gasteiger partial charge on any atom is 0.341 e. The van der Waals surface area contributed by atoms with Crippen LogP contribution in [0.25, 0.3) is 10.1 Å². The van der Waals surface area contributed by atoms with Crippen LogP contribution in [-0.2, 0) is 17.6 Å². The van der Waals surface area contributed by atoms with Gasteiger partial charge in [0.15, 0.2) is 0 Å². The Bertz CT molecular complexity index is 1140. The number of esters is 1. The highest BCUT2D eigenvalue weighted by Gasteiger charge is 2.34. The van der Waals surface area contributed by atoms with E-state index in [1.54, 1.807) is 0 Å². The first-order valence-corrected chi connectivity index (χ1v) is 11.9. The molecule has 0 aliphatic heterocycles. The predicted octanol–water partition coefficient (Wildman–Crippen LogP) is 6.81. The van der Waals surface area contributed by atoms with Crippen molar-refractivity contribution < 1.29 is 14.3 Å². The molecule has 4 nitrogen and oxygen atoms in total. The third kappa shape index (κ3) is 3.77. The van der Waals surface area contributed by atoms with Crippen LogP contribution in [0.4, 0.5) is 5.00 Å². The van der Waals surface area contributed by atoms with Gasteiger partial charge in [-0.25, -0.2) is 4.79 Å². The molecule has 30 heavy (non-hydrogen) atoms. The average molecular weight is 462 g/mol. The lowest BCUT2D eigenvalue weighted by atomic mass is 9.72. The number of nitrogens with one attached hydrogen (secondary N) is 1. The first kappa shape index (κ1) is 21.3. The molecule has 2 aromatic heterocycles. The summed E-state index contributed by atoms with van der Waals surface area (Å²) in [5.74, 6) is -0.161. The number of hydrogen-bond donors (Lipinski definition) is 1. The predicted molar refractivity (Wildman–Crippen MR) is 125 cm³/mol. The lowest BCUT2D eigenvalue weighted by Crippen LogP contribution is -2.26. The molecule has 0 saturated carbocycles. The Kier molecular flexibility index (Phi) is 5.68. The van der Waals surface area contributed by atoms with Crippen LogP contribution in [0, 0.1) is 11.3 Å². The molecule has 0 saturated heterocycles. The molecule has 1 atom stereocenters. The fourth-order valence-electron chi connectivity index (χ4n) is 4.05. The van der Waals surface area contributed by atoms with Gasteiger partial charge in [0.2, 0.25) is 0 Å². The number of anilines is 1. The van der Waals surface area contributed by atoms with E-state index in [1.807, 2.05) is 24.3 Å². The third-order valence-corrected chi connectivity index (χ3v) is 8.69. The van der Waals surface area contributed by atoms with Gasteiger partial charge in [0, 0.05) is 15.0 Å². The molecule has 1 aliphatic rings. The summed E-state index contributed by atoms with van der Waals surface area (Å²) >= 11 is 9.32. The Morgan fingerprint density at radius 1 is 1.20 bits per heavy atom. The number of carbonyl (C=O) groups excluding carboxylic acids is 2. The van der Waals surface area contributed by atoms with Crippen LogP contribution in [0.2, 0.25) is 5.02 Å². The van der Waals surface area contributed by atoms with Crippen LogP contribution in [0.5, 0.6) is 0 Å². The van der Waals surface area contributed by atoms with Gasteiger partial charge in [-0.3, -0.25) is 4.79 Å². The molecule has 1 N–H and O–H groups in total. The van der Waals surface area contributed by atoms with E-state index < -0.39 is 5.97 Å². The summed E-state index contributed by atoms with van der Waals surface area (Å²) in [6.45, 7) is 6.76. The van der Waals surface area contributed by atoms with Crippen molar-refractivity contribution in [3.63, 3.8) is 0 Å². The highest BCUT2D eigenvalue weighted by Crippen LogP contribution is 2.45. The Hall–Kier alpha value is -1.89. The van der Waals surface area contributed by atoms with Gasteiger partial charge in [0.1, 0.15) is 9.88 Å². The number of halogens is 1. The van der Waals surface area contributed by atoms with Crippen molar-refractivity contribution in [2.75, 3.05) is 12.4 Å². The topological polar surface area (TPSA) is 55.4 Å². The van der Waals surface area contributed by atoms with E-state index in [4.69, 9.17) is 16.3 Å². The van der Waals surface area contributed by atoms with E-state index in [1.165, 1.54) is 34.7 Å². The van der Waals surface area contributed by atoms with Gasteiger partial charge in [-0.15, -0.1) is 22.7 Å². The van der Waals surface area contributed by atoms with E-state index in [0.717, 1.165) is 34.9 Å². The fraction of sp³-hybridized carbons (Fsp3) is 0.391. The van der Waals surface area contributed by atoms with E-state index in [2.05, 4.69) is 26.1 Å². The van der Waals surface area contributed by atoms with Gasteiger partial charge in [0.25, 0.3) is 5.91 Å². The summed E-state index contributed by atoms with van der Waals surface area (Å²) in [6.07, 6.45) is 2.75. The van der Waals surface area contributed by atoms with Gasteiger partial charge in [-0.05, 0) is 42.2 Å². The number of ether oxygens (including phenoxy) is 1. The number of fused-ring (bicyclic) bond motifs is 2. The van der Waals surface area contributed by atoms with E-state index in [0.29, 0.717) is 26.4 Å². The summed E-state index contributed by atoms with van der Waals surface area (Å²) in [5, 5.41) is 4.82. The highest BCUT2D eigenvalue weighted by atomic mass is 35.5. The summed E-state index contributed by atoms with van der Waals surface area (Å²) in [5.41, 5.74) is 1.71. The lowest BCUT2D eigenvalue weighted by Gasteiger charge is -2.33. The quantitative estimate of drug-likeness (QED) is 0.436. The minimum atomic E-state index is -0.403. The molecular weight excluding hydrogens is 438 g/mol. The maximum absolute atomic E-state index is 13.1. The van der Waals surface area contributed by atoms with Crippen molar-refractivity contribution in [1.82, 2.24) is 0 Å². The Balaban J connectivity index is 1.70. The van der Waals surface area contributed by atoms with Crippen LogP contribution in [0.3, 0.4) is 0 Å². The molecule has 3 aromatic rings. The van der Waals surface area contributed by atoms with Crippen LogP contribution in [-0.4, -0.2) is 19.0 Å². The van der Waals surface area contributed by atoms with Crippen LogP contribution in [0.1, 0.15) is 57.7 Å². The molecule has 0 radical (unpaired) electrons. The highest BCUT2D eigenvalue weighted by molar-refractivity contribution is 7.22. The Labute approximate surface area is 189 Å². The normalized spacial score (nSPS) is 16.4. The molecule has 4 rings (SSSR count). The summed E-state index contributed by atoms with van der Waals surface area (Å²) in [7, 11) is 1.38. The minimum absolute atomic E-state index is 0.196. The number of hydrogen-bond acceptors (Lipinski definition) is 5. The number of benzene rings is 1. The molecule has 1 amide bonds. The monoisotopic (exact) mass is 461 g/mol. The SMILES string of the molecule is COC(=O)c1c(NC(=O)c2sc3ccccc3c2Cl)sc2c1CC[C@H](C(C)(C)C)C2. The molecule has 0 bridgehead atoms. The molecule has 0 spiro atoms. The molecule has 2 heterocycles. The largest absolute Gasteiger partial charge is 0.465 e. The number of carbonyl (C=O) groups is 2. The lowest BCUT2D eigenvalue weighted by molar-refractivity contribution is 0.0600. The number of methoxy groups -OCH3 is 1. The van der Waals surface area contributed by atoms with Gasteiger partial charge in [-0.2, -0.15) is 0 Å². The van der Waals surface area contributed by atoms with Gasteiger partial charge >= 0.3 is 5.97 Å². The van der Waals surface area contributed by atoms with E-state index in [-0.39, 0.29) is 11.3 Å². The van der Waals surface area contributed by atoms with Crippen molar-refractivity contribution >= 4 is 61.2 Å². The molecule has 1 aliphatic carbocycles. The number of rotatable bonds is 3. The molecule has 0 unspecified atom stereocenters. The second-order valence-electron chi connectivity index (χ2n) is 8.70. The van der Waals surface area contributed by atoms with Gasteiger partial charge in [-0.1, -0.05) is 50.6 Å². The van der Waals surface area contributed by atoms with Gasteiger partial charge < -0.3 is 10.1 Å². The first-order valence-electron chi connectivity index (χ1n) is 9.92. The van der Waals surface area contributed by atoms with Crippen molar-refractivity contribution in [2.24, 2.45) is 11.3 Å². The third-order valence-electron chi connectivity index (χ3n) is 5.85. The zero-order chi connectivity index (χ0) is 21.6. The molecule has 1 aromatic carbocycles. The van der Waals surface area contributed by atoms with Crippen molar-refractivity contribution in [1.29, 1.82) is 0 Å². The van der Waals surface area contributed by atoms with E-state index >= 15 is 0 Å². The zero-order valence-corrected chi connectivity index (χ0v) is 19.8. The maximum atomic E-state index is 13.1. The second-order valence-corrected chi connectivity index (χ2v) is 11.2. The standard InChI is InChI=1S/C23H24ClNO3S2/c1-23(2,3)12-9-10-13-16(11-12)30-21(17(13)22(27)28-4)25-20(26)19-18(24)14-7-5-6-8-15(14)29-19/h5-8,12H,9-11H2,1-4H3,(H,25,26)/t12-/m0/s1. The van der Waals surface area contributed by atoms with Crippen LogP contribution >= 0.6 is 34.3 Å². The average Bonchev–Trinajstić information content (AvgIpc) is 3.24. The first-order chi connectivity index (χ1) is 14.2. The Morgan fingerprint density at radius 2 is 1.93 bits per heavy atom. The second kappa shape index (κ2) is 7.98. The number of amides is 1. The molecule has 0 fully saturated rings. The van der Waals surface area contributed by atoms with Gasteiger partial charge in [0.05, 0.1) is 17.7 Å². The summed E-state index contributed by atoms with van der Waals surface area (Å²) < 4.78 is 6.01. The fourth-order valence-corrected chi connectivity index (χ4v) is 6.77. The van der Waals surface area contributed by atoms with E-state index in [9.17, 15) is 9.59 Å². The Morgan fingerprint density at radius 3 is 2.60 bits per heavy atom. The van der Waals surface area contributed by atoms with Crippen LogP contribution in [0.15, 0.2) is 24.3 Å². The van der Waals surface area contributed by atoms with Crippen molar-refractivity contribution in [3.05, 3.63) is 50.2 Å². The van der Waals surface area contributed by atoms with Crippen molar-refractivity contribution in [3.8, 4) is 0 Å². The minimum Gasteiger partial charge on any atom is -0.465 e. The smallest absolute Gasteiger partial charge is 0.341 e. The van der Waals surface area contributed by atoms with Crippen LogP contribution < -0.4 is 5.32 Å². The molecule has 158 valence electrons. The summed E-state index contributed by atoms with van der Waals surface area (Å²) in [4.78, 5) is 27.3. The zero-order valence-electron chi connectivity index (χ0n) is 17.4. The van der Waals surface area contributed by atoms with Crippen molar-refractivity contribution in [2.45, 2.75) is 40.0 Å². The number of thiophene rings is 2.